The summed E-state index contributed by atoms with van der Waals surface area (Å²) in [4.78, 5) is 22.2. The topological polar surface area (TPSA) is 67.4 Å². The Hall–Kier alpha value is -1.10. The van der Waals surface area contributed by atoms with E-state index < -0.39 is 0 Å². The molecule has 2 amide bonds. The van der Waals surface area contributed by atoms with Gasteiger partial charge < -0.3 is 15.4 Å². The van der Waals surface area contributed by atoms with Gasteiger partial charge in [-0.3, -0.25) is 9.59 Å². The Morgan fingerprint density at radius 3 is 2.67 bits per heavy atom. The van der Waals surface area contributed by atoms with Gasteiger partial charge in [-0.05, 0) is 19.8 Å². The van der Waals surface area contributed by atoms with Crippen molar-refractivity contribution in [1.82, 2.24) is 10.6 Å². The molecule has 86 valence electrons. The normalized spacial score (nSPS) is 14.7. The van der Waals surface area contributed by atoms with E-state index in [1.54, 1.807) is 0 Å². The Bertz CT molecular complexity index is 227. The third kappa shape index (κ3) is 6.06. The van der Waals surface area contributed by atoms with Gasteiger partial charge in [0.25, 0.3) is 0 Å². The molecule has 1 rings (SSSR count). The zero-order chi connectivity index (χ0) is 11.1. The Kier molecular flexibility index (Phi) is 5.10. The van der Waals surface area contributed by atoms with Crippen molar-refractivity contribution in [2.45, 2.75) is 32.2 Å². The fraction of sp³-hybridized carbons (Fsp3) is 0.800. The Balaban J connectivity index is 1.94. The molecular formula is C10H18N2O3. The van der Waals surface area contributed by atoms with E-state index in [1.807, 2.05) is 6.92 Å². The van der Waals surface area contributed by atoms with E-state index >= 15 is 0 Å². The number of nitrogens with one attached hydrogen (secondary N) is 2. The van der Waals surface area contributed by atoms with E-state index in [-0.39, 0.29) is 18.4 Å². The van der Waals surface area contributed by atoms with Crippen LogP contribution in [0.3, 0.4) is 0 Å². The second kappa shape index (κ2) is 6.40. The molecule has 0 heterocycles. The lowest BCUT2D eigenvalue weighted by Crippen LogP contribution is -2.33. The van der Waals surface area contributed by atoms with Gasteiger partial charge in [-0.2, -0.15) is 0 Å². The molecule has 1 aliphatic carbocycles. The quantitative estimate of drug-likeness (QED) is 0.617. The molecule has 0 bridgehead atoms. The maximum Gasteiger partial charge on any atom is 0.246 e. The number of hydrogen-bond acceptors (Lipinski definition) is 3. The van der Waals surface area contributed by atoms with Crippen molar-refractivity contribution in [2.24, 2.45) is 0 Å². The second-order valence-corrected chi connectivity index (χ2v) is 3.58. The lowest BCUT2D eigenvalue weighted by atomic mass is 10.4. The van der Waals surface area contributed by atoms with Crippen LogP contribution in [-0.2, 0) is 14.3 Å². The van der Waals surface area contributed by atoms with E-state index in [0.717, 1.165) is 12.8 Å². The summed E-state index contributed by atoms with van der Waals surface area (Å²) < 4.78 is 4.91. The lowest BCUT2D eigenvalue weighted by molar-refractivity contribution is -0.125. The van der Waals surface area contributed by atoms with E-state index in [4.69, 9.17) is 4.74 Å². The van der Waals surface area contributed by atoms with Crippen LogP contribution < -0.4 is 10.6 Å². The molecule has 1 fully saturated rings. The van der Waals surface area contributed by atoms with Crippen molar-refractivity contribution in [3.8, 4) is 0 Å². The van der Waals surface area contributed by atoms with E-state index in [2.05, 4.69) is 10.6 Å². The van der Waals surface area contributed by atoms with Crippen LogP contribution >= 0.6 is 0 Å². The van der Waals surface area contributed by atoms with Crippen molar-refractivity contribution in [1.29, 1.82) is 0 Å². The van der Waals surface area contributed by atoms with Gasteiger partial charge in [-0.15, -0.1) is 0 Å². The fourth-order valence-corrected chi connectivity index (χ4v) is 1.09. The first kappa shape index (κ1) is 12.0. The van der Waals surface area contributed by atoms with Gasteiger partial charge in [0.15, 0.2) is 0 Å². The minimum atomic E-state index is -0.170. The van der Waals surface area contributed by atoms with Crippen molar-refractivity contribution < 1.29 is 14.3 Å². The molecule has 1 aliphatic rings. The van der Waals surface area contributed by atoms with Crippen LogP contribution in [0.2, 0.25) is 0 Å². The number of carbonyl (C=O) groups is 2. The number of hydrogen-bond donors (Lipinski definition) is 2. The van der Waals surface area contributed by atoms with Crippen LogP contribution in [0.5, 0.6) is 0 Å². The van der Waals surface area contributed by atoms with Gasteiger partial charge in [0, 0.05) is 25.6 Å². The summed E-state index contributed by atoms with van der Waals surface area (Å²) in [5, 5.41) is 5.47. The molecule has 0 aromatic carbocycles. The highest BCUT2D eigenvalue weighted by Gasteiger charge is 2.22. The van der Waals surface area contributed by atoms with Crippen LogP contribution in [-0.4, -0.2) is 37.6 Å². The first-order valence-electron chi connectivity index (χ1n) is 5.36. The summed E-state index contributed by atoms with van der Waals surface area (Å²) in [6.45, 7) is 2.80. The number of carbonyl (C=O) groups excluding carboxylic acids is 2. The smallest absolute Gasteiger partial charge is 0.246 e. The minimum absolute atomic E-state index is 0.00853. The van der Waals surface area contributed by atoms with Gasteiger partial charge in [0.2, 0.25) is 11.8 Å². The average Bonchev–Trinajstić information content (AvgIpc) is 2.98. The van der Waals surface area contributed by atoms with E-state index in [9.17, 15) is 9.59 Å². The molecule has 0 saturated heterocycles. The highest BCUT2D eigenvalue weighted by atomic mass is 16.5. The average molecular weight is 214 g/mol. The van der Waals surface area contributed by atoms with E-state index in [0.29, 0.717) is 25.6 Å². The molecule has 0 spiro atoms. The molecule has 5 nitrogen and oxygen atoms in total. The third-order valence-corrected chi connectivity index (χ3v) is 2.05. The van der Waals surface area contributed by atoms with Crippen LogP contribution in [0.15, 0.2) is 0 Å². The molecule has 0 atom stereocenters. The van der Waals surface area contributed by atoms with Crippen LogP contribution in [0, 0.1) is 0 Å². The van der Waals surface area contributed by atoms with Crippen LogP contribution in [0.1, 0.15) is 26.2 Å². The van der Waals surface area contributed by atoms with Gasteiger partial charge in [0.05, 0.1) is 0 Å². The summed E-state index contributed by atoms with van der Waals surface area (Å²) in [6.07, 6.45) is 2.51. The summed E-state index contributed by atoms with van der Waals surface area (Å²) in [6, 6.07) is 0.386. The zero-order valence-electron chi connectivity index (χ0n) is 9.04. The number of ether oxygens (including phenoxy) is 1. The van der Waals surface area contributed by atoms with Crippen molar-refractivity contribution >= 4 is 11.8 Å². The number of amides is 2. The second-order valence-electron chi connectivity index (χ2n) is 3.58. The molecule has 5 heteroatoms. The molecular weight excluding hydrogens is 196 g/mol. The predicted octanol–water partition coefficient (Wildman–Crippen LogP) is -0.192. The minimum Gasteiger partial charge on any atom is -0.372 e. The Morgan fingerprint density at radius 2 is 2.07 bits per heavy atom. The van der Waals surface area contributed by atoms with Crippen molar-refractivity contribution in [3.63, 3.8) is 0 Å². The van der Waals surface area contributed by atoms with Crippen LogP contribution in [0.25, 0.3) is 0 Å². The number of rotatable bonds is 7. The summed E-state index contributed by atoms with van der Waals surface area (Å²) >= 11 is 0. The standard InChI is InChI=1S/C10H18N2O3/c1-2-15-7-10(14)11-6-5-9(13)12-8-3-4-8/h8H,2-7H2,1H3,(H,11,14)(H,12,13). The highest BCUT2D eigenvalue weighted by Crippen LogP contribution is 2.18. The van der Waals surface area contributed by atoms with Gasteiger partial charge in [-0.1, -0.05) is 0 Å². The summed E-state index contributed by atoms with van der Waals surface area (Å²) in [5.74, 6) is -0.162. The molecule has 0 unspecified atom stereocenters. The van der Waals surface area contributed by atoms with Gasteiger partial charge >= 0.3 is 0 Å². The SMILES string of the molecule is CCOCC(=O)NCCC(=O)NC1CC1. The summed E-state index contributed by atoms with van der Waals surface area (Å²) in [7, 11) is 0. The molecule has 0 aliphatic heterocycles. The molecule has 0 aromatic rings. The monoisotopic (exact) mass is 214 g/mol. The van der Waals surface area contributed by atoms with Crippen molar-refractivity contribution in [3.05, 3.63) is 0 Å². The predicted molar refractivity (Wildman–Crippen MR) is 55.3 cm³/mol. The van der Waals surface area contributed by atoms with Gasteiger partial charge in [0.1, 0.15) is 6.61 Å². The van der Waals surface area contributed by atoms with Crippen molar-refractivity contribution in [2.75, 3.05) is 19.8 Å². The molecule has 0 radical (unpaired) electrons. The molecule has 2 N–H and O–H groups in total. The first-order valence-corrected chi connectivity index (χ1v) is 5.36. The first-order chi connectivity index (χ1) is 7.22. The molecule has 0 aromatic heterocycles. The van der Waals surface area contributed by atoms with Crippen LogP contribution in [0.4, 0.5) is 0 Å². The van der Waals surface area contributed by atoms with Gasteiger partial charge in [-0.25, -0.2) is 0 Å². The molecule has 15 heavy (non-hydrogen) atoms. The molecule has 1 saturated carbocycles. The van der Waals surface area contributed by atoms with E-state index in [1.165, 1.54) is 0 Å². The third-order valence-electron chi connectivity index (χ3n) is 2.05. The fourth-order valence-electron chi connectivity index (χ4n) is 1.09. The maximum absolute atomic E-state index is 11.2. The Morgan fingerprint density at radius 1 is 1.33 bits per heavy atom. The highest BCUT2D eigenvalue weighted by molar-refractivity contribution is 5.79. The lowest BCUT2D eigenvalue weighted by Gasteiger charge is -2.05. The largest absolute Gasteiger partial charge is 0.372 e. The summed E-state index contributed by atoms with van der Waals surface area (Å²) in [5.41, 5.74) is 0. The maximum atomic E-state index is 11.2. The Labute approximate surface area is 89.6 Å². The zero-order valence-corrected chi connectivity index (χ0v) is 9.04.